The van der Waals surface area contributed by atoms with Crippen molar-refractivity contribution in [1.29, 1.82) is 5.26 Å². The topological polar surface area (TPSA) is 104 Å². The summed E-state index contributed by atoms with van der Waals surface area (Å²) in [6, 6.07) is 12.1. The van der Waals surface area contributed by atoms with E-state index in [0.717, 1.165) is 30.4 Å². The summed E-state index contributed by atoms with van der Waals surface area (Å²) >= 11 is 0. The summed E-state index contributed by atoms with van der Waals surface area (Å²) < 4.78 is 0. The molecule has 2 aromatic rings. The predicted molar refractivity (Wildman–Crippen MR) is 102 cm³/mol. The summed E-state index contributed by atoms with van der Waals surface area (Å²) in [5, 5.41) is 9.38. The van der Waals surface area contributed by atoms with Gasteiger partial charge in [-0.1, -0.05) is 18.2 Å². The van der Waals surface area contributed by atoms with Crippen molar-refractivity contribution in [2.45, 2.75) is 31.2 Å². The number of nitrogens with zero attached hydrogens (tertiary/aromatic N) is 2. The number of amides is 1. The highest BCUT2D eigenvalue weighted by Crippen LogP contribution is 2.42. The molecule has 27 heavy (non-hydrogen) atoms. The van der Waals surface area contributed by atoms with Crippen molar-refractivity contribution in [1.82, 2.24) is 15.8 Å². The van der Waals surface area contributed by atoms with Crippen molar-refractivity contribution in [3.63, 3.8) is 0 Å². The quantitative estimate of drug-likeness (QED) is 0.776. The molecule has 1 aliphatic carbocycles. The van der Waals surface area contributed by atoms with Crippen LogP contribution in [0.4, 0.5) is 0 Å². The number of fused-ring (bicyclic) bond motifs is 1. The maximum atomic E-state index is 12.2. The maximum Gasteiger partial charge on any atom is 0.237 e. The molecule has 4 N–H and O–H groups in total. The molecule has 1 aromatic carbocycles. The van der Waals surface area contributed by atoms with E-state index in [1.54, 1.807) is 0 Å². The van der Waals surface area contributed by atoms with E-state index in [1.165, 1.54) is 5.56 Å². The lowest BCUT2D eigenvalue weighted by Crippen LogP contribution is -2.62. The molecule has 1 saturated carbocycles. The van der Waals surface area contributed by atoms with Crippen molar-refractivity contribution in [3.8, 4) is 17.2 Å². The fraction of sp³-hybridized carbons (Fsp3) is 0.381. The highest BCUT2D eigenvalue weighted by Gasteiger charge is 2.42. The number of nitrogens with two attached hydrogens (primary N) is 1. The van der Waals surface area contributed by atoms with Gasteiger partial charge in [0.15, 0.2) is 0 Å². The second kappa shape index (κ2) is 7.47. The molecule has 1 saturated heterocycles. The number of pyridine rings is 1. The molecule has 4 rings (SSSR count). The molecule has 2 aliphatic rings. The van der Waals surface area contributed by atoms with E-state index >= 15 is 0 Å². The van der Waals surface area contributed by atoms with E-state index in [0.29, 0.717) is 18.0 Å². The first-order valence-corrected chi connectivity index (χ1v) is 9.41. The first-order chi connectivity index (χ1) is 13.2. The van der Waals surface area contributed by atoms with Crippen molar-refractivity contribution < 1.29 is 4.79 Å². The Morgan fingerprint density at radius 1 is 1.26 bits per heavy atom. The van der Waals surface area contributed by atoms with Crippen LogP contribution >= 0.6 is 0 Å². The molecule has 138 valence electrons. The number of carbonyl (C=O) groups excluding carboxylic acids is 1. The second-order valence-electron chi connectivity index (χ2n) is 7.42. The summed E-state index contributed by atoms with van der Waals surface area (Å²) in [6.45, 7) is 0.502. The van der Waals surface area contributed by atoms with E-state index in [9.17, 15) is 10.1 Å². The van der Waals surface area contributed by atoms with E-state index in [4.69, 9.17) is 5.73 Å². The Morgan fingerprint density at radius 2 is 2.11 bits per heavy atom. The van der Waals surface area contributed by atoms with Gasteiger partial charge in [-0.2, -0.15) is 5.26 Å². The van der Waals surface area contributed by atoms with E-state index < -0.39 is 0 Å². The number of nitrogens with one attached hydrogen (secondary N) is 2. The van der Waals surface area contributed by atoms with Gasteiger partial charge in [0.2, 0.25) is 5.91 Å². The molecule has 4 atom stereocenters. The Hall–Kier alpha value is -2.75. The lowest BCUT2D eigenvalue weighted by Gasteiger charge is -2.43. The molecule has 1 aliphatic heterocycles. The van der Waals surface area contributed by atoms with Crippen LogP contribution in [-0.4, -0.2) is 23.5 Å². The maximum absolute atomic E-state index is 12.2. The number of hydrazine groups is 1. The third kappa shape index (κ3) is 3.32. The largest absolute Gasteiger partial charge is 0.329 e. The van der Waals surface area contributed by atoms with Gasteiger partial charge in [-0.15, -0.1) is 0 Å². The van der Waals surface area contributed by atoms with Crippen LogP contribution in [0, 0.1) is 23.2 Å². The Kier molecular flexibility index (Phi) is 4.88. The van der Waals surface area contributed by atoms with Gasteiger partial charge in [0.05, 0.1) is 11.6 Å². The molecule has 1 aromatic heterocycles. The molecule has 6 heteroatoms. The zero-order chi connectivity index (χ0) is 18.8. The van der Waals surface area contributed by atoms with Gasteiger partial charge < -0.3 is 5.73 Å². The number of carbonyl (C=O) groups is 1. The summed E-state index contributed by atoms with van der Waals surface area (Å²) in [7, 11) is 0. The van der Waals surface area contributed by atoms with Gasteiger partial charge in [0.1, 0.15) is 0 Å². The monoisotopic (exact) mass is 361 g/mol. The van der Waals surface area contributed by atoms with E-state index in [1.807, 2.05) is 36.7 Å². The molecular formula is C21H23N5O. The average Bonchev–Trinajstić information content (AvgIpc) is 2.74. The number of hydrogen-bond acceptors (Lipinski definition) is 5. The standard InChI is InChI=1S/C21H23N5O/c22-9-14-3-1-2-4-17(14)16-7-15(11-24-12-16)13-5-6-18-19(8-13)20(10-23)25-26-21(18)27/h1-4,7,11-13,18-20,25H,5-6,8,10,23H2,(H,26,27). The Bertz CT molecular complexity index is 890. The van der Waals surface area contributed by atoms with E-state index in [2.05, 4.69) is 28.0 Å². The molecule has 0 spiro atoms. The average molecular weight is 361 g/mol. The molecule has 4 unspecified atom stereocenters. The second-order valence-corrected chi connectivity index (χ2v) is 7.42. The highest BCUT2D eigenvalue weighted by molar-refractivity contribution is 5.79. The minimum atomic E-state index is 0.0338. The van der Waals surface area contributed by atoms with Crippen molar-refractivity contribution in [2.24, 2.45) is 17.6 Å². The normalized spacial score (nSPS) is 27.3. The number of aromatic nitrogens is 1. The van der Waals surface area contributed by atoms with Gasteiger partial charge in [-0.25, -0.2) is 5.43 Å². The molecule has 6 nitrogen and oxygen atoms in total. The minimum absolute atomic E-state index is 0.0338. The predicted octanol–water partition coefficient (Wildman–Crippen LogP) is 2.08. The third-order valence-electron chi connectivity index (χ3n) is 5.98. The van der Waals surface area contributed by atoms with Crippen LogP contribution in [0.15, 0.2) is 42.7 Å². The van der Waals surface area contributed by atoms with Gasteiger partial charge >= 0.3 is 0 Å². The van der Waals surface area contributed by atoms with Crippen LogP contribution < -0.4 is 16.6 Å². The zero-order valence-electron chi connectivity index (χ0n) is 15.1. The fourth-order valence-electron chi connectivity index (χ4n) is 4.54. The highest BCUT2D eigenvalue weighted by atomic mass is 16.2. The number of nitriles is 1. The number of benzene rings is 1. The van der Waals surface area contributed by atoms with Gasteiger partial charge in [-0.05, 0) is 48.8 Å². The van der Waals surface area contributed by atoms with Crippen molar-refractivity contribution in [3.05, 3.63) is 53.9 Å². The number of hydrogen-bond donors (Lipinski definition) is 3. The molecular weight excluding hydrogens is 338 g/mol. The molecule has 1 amide bonds. The van der Waals surface area contributed by atoms with Crippen molar-refractivity contribution >= 4 is 5.91 Å². The minimum Gasteiger partial charge on any atom is -0.329 e. The SMILES string of the molecule is N#Cc1ccccc1-c1cncc(C2CCC3C(=O)NNC(CN)C3C2)c1. The molecule has 0 radical (unpaired) electrons. The lowest BCUT2D eigenvalue weighted by atomic mass is 9.68. The Morgan fingerprint density at radius 3 is 2.93 bits per heavy atom. The lowest BCUT2D eigenvalue weighted by molar-refractivity contribution is -0.133. The van der Waals surface area contributed by atoms with Gasteiger partial charge in [-0.3, -0.25) is 15.2 Å². The summed E-state index contributed by atoms with van der Waals surface area (Å²) in [5.74, 6) is 0.691. The van der Waals surface area contributed by atoms with Crippen molar-refractivity contribution in [2.75, 3.05) is 6.54 Å². The van der Waals surface area contributed by atoms with Crippen LogP contribution in [0.3, 0.4) is 0 Å². The molecule has 0 bridgehead atoms. The van der Waals surface area contributed by atoms with Crippen LogP contribution in [0.1, 0.15) is 36.3 Å². The first-order valence-electron chi connectivity index (χ1n) is 9.41. The Labute approximate surface area is 158 Å². The molecule has 2 heterocycles. The van der Waals surface area contributed by atoms with E-state index in [-0.39, 0.29) is 23.8 Å². The Balaban J connectivity index is 1.61. The fourth-order valence-corrected chi connectivity index (χ4v) is 4.54. The van der Waals surface area contributed by atoms with Crippen LogP contribution in [0.5, 0.6) is 0 Å². The van der Waals surface area contributed by atoms with Gasteiger partial charge in [0.25, 0.3) is 0 Å². The number of rotatable bonds is 3. The molecule has 2 fully saturated rings. The van der Waals surface area contributed by atoms with Crippen LogP contribution in [-0.2, 0) is 4.79 Å². The summed E-state index contributed by atoms with van der Waals surface area (Å²) in [6.07, 6.45) is 6.45. The van der Waals surface area contributed by atoms with Crippen LogP contribution in [0.25, 0.3) is 11.1 Å². The van der Waals surface area contributed by atoms with Gasteiger partial charge in [0, 0.05) is 42.0 Å². The first kappa shape index (κ1) is 17.7. The summed E-state index contributed by atoms with van der Waals surface area (Å²) in [5.41, 5.74) is 15.4. The zero-order valence-corrected chi connectivity index (χ0v) is 15.1. The van der Waals surface area contributed by atoms with Crippen LogP contribution in [0.2, 0.25) is 0 Å². The third-order valence-corrected chi connectivity index (χ3v) is 5.98. The smallest absolute Gasteiger partial charge is 0.237 e. The summed E-state index contributed by atoms with van der Waals surface area (Å²) in [4.78, 5) is 16.6.